The lowest BCUT2D eigenvalue weighted by atomic mass is 10.2. The van der Waals surface area contributed by atoms with Gasteiger partial charge in [0.15, 0.2) is 0 Å². The molecule has 10 nitrogen and oxygen atoms in total. The van der Waals surface area contributed by atoms with Crippen molar-refractivity contribution in [2.24, 2.45) is 0 Å². The Balaban J connectivity index is 1.00. The van der Waals surface area contributed by atoms with Crippen molar-refractivity contribution in [3.05, 3.63) is 179 Å². The molecule has 0 saturated carbocycles. The Bertz CT molecular complexity index is 1980. The zero-order valence-corrected chi connectivity index (χ0v) is 33.0. The van der Waals surface area contributed by atoms with E-state index in [-0.39, 0.29) is 17.7 Å². The standard InChI is InChI=1S/C48H48N4O6/c1-34-4-16-40(17-5-34)49-46(53)37-10-22-43(23-11-37)56-31-28-52(29-32-57-44-24-12-38(13-25-44)47(54)50-41-18-6-35(2)7-19-41)30-33-58-45-26-14-39(15-27-45)48(55)51-42-20-8-36(3)9-21-42/h4-27H,28-33H2,1-3H3,(H,49,53)(H,50,54)(H,51,55). The van der Waals surface area contributed by atoms with Crippen molar-refractivity contribution in [3.8, 4) is 17.2 Å². The molecule has 0 spiro atoms. The lowest BCUT2D eigenvalue weighted by Gasteiger charge is -2.23. The number of hydrogen-bond acceptors (Lipinski definition) is 7. The Morgan fingerprint density at radius 2 is 0.621 bits per heavy atom. The van der Waals surface area contributed by atoms with E-state index >= 15 is 0 Å². The molecule has 6 rings (SSSR count). The topological polar surface area (TPSA) is 118 Å². The highest BCUT2D eigenvalue weighted by atomic mass is 16.5. The van der Waals surface area contributed by atoms with Gasteiger partial charge < -0.3 is 30.2 Å². The molecule has 0 aliphatic heterocycles. The minimum Gasteiger partial charge on any atom is -0.492 e. The molecule has 0 bridgehead atoms. The van der Waals surface area contributed by atoms with E-state index in [0.717, 1.165) is 33.8 Å². The summed E-state index contributed by atoms with van der Waals surface area (Å²) in [5.41, 5.74) is 7.17. The first-order valence-corrected chi connectivity index (χ1v) is 19.2. The molecule has 0 aliphatic carbocycles. The smallest absolute Gasteiger partial charge is 0.255 e. The van der Waals surface area contributed by atoms with Crippen LogP contribution in [0.1, 0.15) is 47.8 Å². The summed E-state index contributed by atoms with van der Waals surface area (Å²) in [6.45, 7) is 8.93. The number of nitrogens with zero attached hydrogens (tertiary/aromatic N) is 1. The maximum Gasteiger partial charge on any atom is 0.255 e. The van der Waals surface area contributed by atoms with E-state index in [9.17, 15) is 14.4 Å². The van der Waals surface area contributed by atoms with Gasteiger partial charge in [0.1, 0.15) is 37.1 Å². The molecule has 0 aromatic heterocycles. The fourth-order valence-corrected chi connectivity index (χ4v) is 5.84. The van der Waals surface area contributed by atoms with E-state index in [1.54, 1.807) is 72.8 Å². The van der Waals surface area contributed by atoms with Gasteiger partial charge in [0.2, 0.25) is 0 Å². The molecule has 6 aromatic rings. The zero-order valence-electron chi connectivity index (χ0n) is 33.0. The number of nitrogens with one attached hydrogen (secondary N) is 3. The Morgan fingerprint density at radius 1 is 0.379 bits per heavy atom. The number of aryl methyl sites for hydroxylation is 3. The number of ether oxygens (including phenoxy) is 3. The second-order valence-corrected chi connectivity index (χ2v) is 13.9. The molecule has 10 heteroatoms. The maximum absolute atomic E-state index is 12.7. The Kier molecular flexibility index (Phi) is 14.3. The van der Waals surface area contributed by atoms with Gasteiger partial charge in [-0.3, -0.25) is 19.3 Å². The molecule has 3 N–H and O–H groups in total. The molecule has 0 unspecified atom stereocenters. The summed E-state index contributed by atoms with van der Waals surface area (Å²) < 4.78 is 18.2. The SMILES string of the molecule is Cc1ccc(NC(=O)c2ccc(OCCN(CCOc3ccc(C(=O)Nc4ccc(C)cc4)cc3)CCOc3ccc(C(=O)Nc4ccc(C)cc4)cc3)cc2)cc1. The highest BCUT2D eigenvalue weighted by Gasteiger charge is 2.12. The van der Waals surface area contributed by atoms with Crippen molar-refractivity contribution in [2.75, 3.05) is 55.4 Å². The van der Waals surface area contributed by atoms with Crippen LogP contribution in [-0.4, -0.2) is 62.1 Å². The van der Waals surface area contributed by atoms with Crippen LogP contribution in [-0.2, 0) is 0 Å². The van der Waals surface area contributed by atoms with E-state index in [1.165, 1.54) is 0 Å². The number of carbonyl (C=O) groups is 3. The fourth-order valence-electron chi connectivity index (χ4n) is 5.84. The van der Waals surface area contributed by atoms with Crippen molar-refractivity contribution in [3.63, 3.8) is 0 Å². The normalized spacial score (nSPS) is 10.8. The predicted molar refractivity (Wildman–Crippen MR) is 230 cm³/mol. The van der Waals surface area contributed by atoms with Crippen LogP contribution in [0.3, 0.4) is 0 Å². The largest absolute Gasteiger partial charge is 0.492 e. The predicted octanol–water partition coefficient (Wildman–Crippen LogP) is 9.21. The lowest BCUT2D eigenvalue weighted by Crippen LogP contribution is -2.35. The third-order valence-corrected chi connectivity index (χ3v) is 9.31. The molecule has 0 heterocycles. The summed E-state index contributed by atoms with van der Waals surface area (Å²) in [5.74, 6) is 1.37. The first kappa shape index (κ1) is 40.7. The molecule has 58 heavy (non-hydrogen) atoms. The average molecular weight is 777 g/mol. The third-order valence-electron chi connectivity index (χ3n) is 9.31. The summed E-state index contributed by atoms with van der Waals surface area (Å²) in [4.78, 5) is 40.4. The van der Waals surface area contributed by atoms with Gasteiger partial charge in [0.05, 0.1) is 0 Å². The van der Waals surface area contributed by atoms with Crippen LogP contribution in [0.4, 0.5) is 17.1 Å². The Labute approximate surface area is 339 Å². The maximum atomic E-state index is 12.7. The summed E-state index contributed by atoms with van der Waals surface area (Å²) >= 11 is 0. The quantitative estimate of drug-likeness (QED) is 0.0797. The average Bonchev–Trinajstić information content (AvgIpc) is 3.24. The number of hydrogen-bond donors (Lipinski definition) is 3. The van der Waals surface area contributed by atoms with Crippen LogP contribution in [0, 0.1) is 20.8 Å². The monoisotopic (exact) mass is 776 g/mol. The van der Waals surface area contributed by atoms with E-state index < -0.39 is 0 Å². The Morgan fingerprint density at radius 3 is 0.862 bits per heavy atom. The van der Waals surface area contributed by atoms with Crippen molar-refractivity contribution >= 4 is 34.8 Å². The summed E-state index contributed by atoms with van der Waals surface area (Å²) in [5, 5.41) is 8.75. The lowest BCUT2D eigenvalue weighted by molar-refractivity contribution is 0.101. The number of rotatable bonds is 18. The van der Waals surface area contributed by atoms with Crippen LogP contribution < -0.4 is 30.2 Å². The van der Waals surface area contributed by atoms with Crippen molar-refractivity contribution in [1.29, 1.82) is 0 Å². The number of benzene rings is 6. The molecular formula is C48H48N4O6. The second-order valence-electron chi connectivity index (χ2n) is 13.9. The molecule has 0 atom stereocenters. The fraction of sp³-hybridized carbons (Fsp3) is 0.188. The third kappa shape index (κ3) is 12.6. The molecule has 6 aromatic carbocycles. The molecule has 296 valence electrons. The van der Waals surface area contributed by atoms with Gasteiger partial charge in [-0.25, -0.2) is 0 Å². The number of amides is 3. The van der Waals surface area contributed by atoms with E-state index in [4.69, 9.17) is 14.2 Å². The van der Waals surface area contributed by atoms with Gasteiger partial charge in [-0.2, -0.15) is 0 Å². The molecule has 0 fully saturated rings. The van der Waals surface area contributed by atoms with Gasteiger partial charge >= 0.3 is 0 Å². The highest BCUT2D eigenvalue weighted by Crippen LogP contribution is 2.18. The second kappa shape index (κ2) is 20.3. The molecule has 3 amide bonds. The minimum atomic E-state index is -0.193. The summed E-state index contributed by atoms with van der Waals surface area (Å²) in [6.07, 6.45) is 0. The zero-order chi connectivity index (χ0) is 40.7. The summed E-state index contributed by atoms with van der Waals surface area (Å²) in [6, 6.07) is 44.2. The Hall–Kier alpha value is -6.91. The summed E-state index contributed by atoms with van der Waals surface area (Å²) in [7, 11) is 0. The number of carbonyl (C=O) groups excluding carboxylic acids is 3. The molecule has 0 aliphatic rings. The van der Waals surface area contributed by atoms with Gasteiger partial charge in [-0.05, 0) is 130 Å². The molecule has 0 saturated heterocycles. The molecular weight excluding hydrogens is 729 g/mol. The highest BCUT2D eigenvalue weighted by molar-refractivity contribution is 6.05. The van der Waals surface area contributed by atoms with Crippen LogP contribution in [0.5, 0.6) is 17.2 Å². The number of anilines is 3. The van der Waals surface area contributed by atoms with E-state index in [1.807, 2.05) is 93.6 Å². The first-order valence-electron chi connectivity index (χ1n) is 19.2. The van der Waals surface area contributed by atoms with Crippen LogP contribution in [0.2, 0.25) is 0 Å². The van der Waals surface area contributed by atoms with Crippen LogP contribution >= 0.6 is 0 Å². The van der Waals surface area contributed by atoms with Crippen LogP contribution in [0.15, 0.2) is 146 Å². The van der Waals surface area contributed by atoms with Crippen molar-refractivity contribution in [2.45, 2.75) is 20.8 Å². The van der Waals surface area contributed by atoms with Gasteiger partial charge in [0, 0.05) is 53.4 Å². The minimum absolute atomic E-state index is 0.193. The van der Waals surface area contributed by atoms with Crippen LogP contribution in [0.25, 0.3) is 0 Å². The molecule has 0 radical (unpaired) electrons. The van der Waals surface area contributed by atoms with Gasteiger partial charge in [-0.1, -0.05) is 53.1 Å². The van der Waals surface area contributed by atoms with Crippen molar-refractivity contribution < 1.29 is 28.6 Å². The van der Waals surface area contributed by atoms with Crippen molar-refractivity contribution in [1.82, 2.24) is 4.90 Å². The first-order chi connectivity index (χ1) is 28.2. The van der Waals surface area contributed by atoms with E-state index in [2.05, 4.69) is 20.9 Å². The van der Waals surface area contributed by atoms with E-state index in [0.29, 0.717) is 73.4 Å². The van der Waals surface area contributed by atoms with Gasteiger partial charge in [-0.15, -0.1) is 0 Å². The van der Waals surface area contributed by atoms with Gasteiger partial charge in [0.25, 0.3) is 17.7 Å².